The van der Waals surface area contributed by atoms with E-state index in [1.165, 1.54) is 9.80 Å². The van der Waals surface area contributed by atoms with Crippen LogP contribution in [0.3, 0.4) is 0 Å². The maximum absolute atomic E-state index is 13.7. The Hall–Kier alpha value is -3.72. The van der Waals surface area contributed by atoms with Gasteiger partial charge in [-0.05, 0) is 63.6 Å². The summed E-state index contributed by atoms with van der Waals surface area (Å²) in [5.74, 6) is -1.04. The highest BCUT2D eigenvalue weighted by molar-refractivity contribution is 5.97. The quantitative estimate of drug-likeness (QED) is 0.409. The molecule has 0 N–H and O–H groups in total. The number of anilines is 2. The number of rotatable bonds is 6. The third-order valence-corrected chi connectivity index (χ3v) is 8.45. The molecule has 2 fully saturated rings. The van der Waals surface area contributed by atoms with Crippen LogP contribution >= 0.6 is 0 Å². The fourth-order valence-corrected chi connectivity index (χ4v) is 6.29. The van der Waals surface area contributed by atoms with Crippen molar-refractivity contribution in [3.05, 3.63) is 65.6 Å². The smallest absolute Gasteiger partial charge is 0.318 e. The van der Waals surface area contributed by atoms with Crippen LogP contribution in [0.5, 0.6) is 6.01 Å². The topological polar surface area (TPSA) is 65.0 Å². The normalized spacial score (nSPS) is 24.1. The Morgan fingerprint density at radius 2 is 2.02 bits per heavy atom. The maximum Gasteiger partial charge on any atom is 0.318 e. The van der Waals surface area contributed by atoms with Crippen LogP contribution < -0.4 is 14.5 Å². The minimum Gasteiger partial charge on any atom is -0.462 e. The molecular formula is C32H39FN6O2. The summed E-state index contributed by atoms with van der Waals surface area (Å²) in [6, 6.07) is 10.7. The fourth-order valence-electron chi connectivity index (χ4n) is 6.29. The summed E-state index contributed by atoms with van der Waals surface area (Å²) in [7, 11) is 0. The van der Waals surface area contributed by atoms with Crippen molar-refractivity contribution in [3.63, 3.8) is 0 Å². The summed E-state index contributed by atoms with van der Waals surface area (Å²) in [6.07, 6.45) is 2.01. The van der Waals surface area contributed by atoms with E-state index in [1.54, 1.807) is 12.1 Å². The summed E-state index contributed by atoms with van der Waals surface area (Å²) in [4.78, 5) is 29.2. The Balaban J connectivity index is 1.35. The lowest BCUT2D eigenvalue weighted by atomic mass is 9.99. The van der Waals surface area contributed by atoms with E-state index in [4.69, 9.17) is 22.9 Å². The second-order valence-corrected chi connectivity index (χ2v) is 11.1. The first-order valence-corrected chi connectivity index (χ1v) is 14.2. The van der Waals surface area contributed by atoms with E-state index in [-0.39, 0.29) is 43.4 Å². The Morgan fingerprint density at radius 3 is 2.80 bits per heavy atom. The minimum absolute atomic E-state index is 0.113. The summed E-state index contributed by atoms with van der Waals surface area (Å²) >= 11 is 0. The largest absolute Gasteiger partial charge is 0.462 e. The standard InChI is InChI=1S/C32H39FN6O2/c1-21-8-5-9-24-10-6-12-28(29(21)24)37-15-13-26-27(19-37)34-32(41-20-25-11-7-14-36(25)4)35-30(26)39-17-16-38(18-22(39)2)31(40)23(3)33/h5-6,8-10,12,22,25H,3,7,11,13-20H2,1-2,4H3/t22-,25-/m0/s1/i1D3,4D3. The van der Waals surface area contributed by atoms with Gasteiger partial charge in [0.15, 0.2) is 5.83 Å². The molecule has 9 heteroatoms. The Morgan fingerprint density at radius 1 is 1.17 bits per heavy atom. The zero-order valence-electron chi connectivity index (χ0n) is 29.3. The average Bonchev–Trinajstić information content (AvgIpc) is 3.51. The lowest BCUT2D eigenvalue weighted by molar-refractivity contribution is -0.129. The van der Waals surface area contributed by atoms with Gasteiger partial charge in [0.1, 0.15) is 12.4 Å². The van der Waals surface area contributed by atoms with Crippen molar-refractivity contribution in [2.45, 2.75) is 51.7 Å². The number of aryl methyl sites for hydroxylation is 1. The summed E-state index contributed by atoms with van der Waals surface area (Å²) in [5.41, 5.74) is 2.74. The molecule has 4 heterocycles. The Labute approximate surface area is 249 Å². The number of halogens is 1. The molecule has 0 spiro atoms. The highest BCUT2D eigenvalue weighted by atomic mass is 19.1. The number of nitrogens with zero attached hydrogens (tertiary/aromatic N) is 6. The number of carbonyl (C=O) groups is 1. The van der Waals surface area contributed by atoms with Gasteiger partial charge in [-0.3, -0.25) is 4.79 Å². The number of carbonyl (C=O) groups excluding carboxylic acids is 1. The van der Waals surface area contributed by atoms with Gasteiger partial charge in [0.05, 0.1) is 12.2 Å². The second kappa shape index (κ2) is 11.3. The molecule has 0 saturated carbocycles. The van der Waals surface area contributed by atoms with Crippen LogP contribution in [0.2, 0.25) is 0 Å². The molecule has 41 heavy (non-hydrogen) atoms. The van der Waals surface area contributed by atoms with E-state index in [0.29, 0.717) is 50.2 Å². The monoisotopic (exact) mass is 564 g/mol. The summed E-state index contributed by atoms with van der Waals surface area (Å²) in [6.45, 7) is 3.10. The van der Waals surface area contributed by atoms with Crippen LogP contribution in [0, 0.1) is 6.85 Å². The molecule has 1 aromatic heterocycles. The van der Waals surface area contributed by atoms with Crippen LogP contribution in [0.1, 0.15) is 44.8 Å². The third-order valence-electron chi connectivity index (χ3n) is 8.45. The number of hydrogen-bond acceptors (Lipinski definition) is 7. The summed E-state index contributed by atoms with van der Waals surface area (Å²) < 4.78 is 68.1. The molecule has 0 bridgehead atoms. The van der Waals surface area contributed by atoms with Crippen molar-refractivity contribution in [1.29, 1.82) is 0 Å². The number of likely N-dealkylation sites (N-methyl/N-ethyl adjacent to an activating group) is 1. The van der Waals surface area contributed by atoms with Gasteiger partial charge in [-0.15, -0.1) is 0 Å². The minimum atomic E-state index is -2.29. The Kier molecular flexibility index (Phi) is 5.79. The number of benzene rings is 2. The molecule has 8 nitrogen and oxygen atoms in total. The SMILES string of the molecule is [2H]C([2H])([2H])c1cccc2cccc(N3CCc4c(nc(OC[C@@H]5CCCN5C([2H])([2H])[2H])nc4N4CCN(C(=O)C(=C)F)C[C@@H]4C)C3)c12. The van der Waals surface area contributed by atoms with Crippen molar-refractivity contribution in [2.24, 2.45) is 0 Å². The first-order valence-electron chi connectivity index (χ1n) is 17.2. The van der Waals surface area contributed by atoms with E-state index >= 15 is 0 Å². The van der Waals surface area contributed by atoms with Crippen LogP contribution in [-0.2, 0) is 17.8 Å². The third kappa shape index (κ3) is 5.35. The zero-order valence-corrected chi connectivity index (χ0v) is 23.3. The lowest BCUT2D eigenvalue weighted by Gasteiger charge is -2.42. The van der Waals surface area contributed by atoms with Gasteiger partial charge in [-0.25, -0.2) is 4.39 Å². The van der Waals surface area contributed by atoms with E-state index in [2.05, 4.69) is 16.4 Å². The molecule has 2 atom stereocenters. The maximum atomic E-state index is 13.7. The van der Waals surface area contributed by atoms with Crippen LogP contribution in [-0.4, -0.2) is 84.1 Å². The molecule has 1 amide bonds. The molecule has 2 saturated heterocycles. The molecule has 6 rings (SSSR count). The van der Waals surface area contributed by atoms with Gasteiger partial charge < -0.3 is 24.3 Å². The molecule has 3 aliphatic heterocycles. The van der Waals surface area contributed by atoms with Crippen LogP contribution in [0.4, 0.5) is 15.9 Å². The van der Waals surface area contributed by atoms with Crippen molar-refractivity contribution in [2.75, 3.05) is 56.1 Å². The van der Waals surface area contributed by atoms with Crippen LogP contribution in [0.15, 0.2) is 48.8 Å². The molecule has 216 valence electrons. The first kappa shape index (κ1) is 21.1. The molecule has 0 aliphatic carbocycles. The van der Waals surface area contributed by atoms with Crippen molar-refractivity contribution >= 4 is 28.2 Å². The Bertz CT molecular complexity index is 1680. The number of ether oxygens (including phenoxy) is 1. The number of fused-ring (bicyclic) bond motifs is 2. The average molecular weight is 565 g/mol. The van der Waals surface area contributed by atoms with Gasteiger partial charge in [-0.2, -0.15) is 9.97 Å². The summed E-state index contributed by atoms with van der Waals surface area (Å²) in [5, 5.41) is 1.51. The van der Waals surface area contributed by atoms with Crippen molar-refractivity contribution in [1.82, 2.24) is 19.8 Å². The molecule has 3 aliphatic rings. The van der Waals surface area contributed by atoms with E-state index in [1.807, 2.05) is 31.2 Å². The predicted molar refractivity (Wildman–Crippen MR) is 160 cm³/mol. The fraction of sp³-hybridized carbons (Fsp3) is 0.469. The molecule has 2 aromatic carbocycles. The highest BCUT2D eigenvalue weighted by Crippen LogP contribution is 2.36. The number of likely N-dealkylation sites (tertiary alicyclic amines) is 1. The molecule has 0 unspecified atom stereocenters. The highest BCUT2D eigenvalue weighted by Gasteiger charge is 2.33. The van der Waals surface area contributed by atoms with Gasteiger partial charge in [0.2, 0.25) is 0 Å². The van der Waals surface area contributed by atoms with E-state index < -0.39 is 25.6 Å². The van der Waals surface area contributed by atoms with Gasteiger partial charge >= 0.3 is 6.01 Å². The number of amides is 1. The first-order chi connectivity index (χ1) is 22.2. The van der Waals surface area contributed by atoms with Crippen LogP contribution in [0.25, 0.3) is 10.8 Å². The van der Waals surface area contributed by atoms with Gasteiger partial charge in [0.25, 0.3) is 5.91 Å². The van der Waals surface area contributed by atoms with Crippen molar-refractivity contribution in [3.8, 4) is 6.01 Å². The second-order valence-electron chi connectivity index (χ2n) is 11.1. The molecule has 3 aromatic rings. The lowest BCUT2D eigenvalue weighted by Crippen LogP contribution is -2.54. The number of aromatic nitrogens is 2. The molecular weight excluding hydrogens is 519 g/mol. The predicted octanol–water partition coefficient (Wildman–Crippen LogP) is 4.49. The van der Waals surface area contributed by atoms with Gasteiger partial charge in [-0.1, -0.05) is 36.9 Å². The molecule has 0 radical (unpaired) electrons. The van der Waals surface area contributed by atoms with Crippen molar-refractivity contribution < 1.29 is 22.1 Å². The van der Waals surface area contributed by atoms with E-state index in [0.717, 1.165) is 28.8 Å². The van der Waals surface area contributed by atoms with E-state index in [9.17, 15) is 9.18 Å². The number of piperazine rings is 1. The zero-order chi connectivity index (χ0) is 33.7. The number of hydrogen-bond donors (Lipinski definition) is 0. The van der Waals surface area contributed by atoms with Gasteiger partial charge in [0, 0.05) is 63.1 Å².